The predicted octanol–water partition coefficient (Wildman–Crippen LogP) is 6.84. The molecule has 2 unspecified atom stereocenters. The van der Waals surface area contributed by atoms with Crippen LogP contribution in [0.4, 0.5) is 0 Å². The fraction of sp³-hybridized carbons (Fsp3) is 0.824. The second-order valence-corrected chi connectivity index (χ2v) is 18.5. The summed E-state index contributed by atoms with van der Waals surface area (Å²) in [6, 6.07) is 0. The maximum absolute atomic E-state index is 11.3. The van der Waals surface area contributed by atoms with Gasteiger partial charge in [0.15, 0.2) is 0 Å². The fourth-order valence-electron chi connectivity index (χ4n) is 1.78. The second-order valence-electron chi connectivity index (χ2n) is 5.88. The molecule has 3 nitrogen and oxygen atoms in total. The Hall–Kier alpha value is 2.32. The van der Waals surface area contributed by atoms with E-state index in [4.69, 9.17) is 9.84 Å². The van der Waals surface area contributed by atoms with E-state index in [1.54, 1.807) is 6.92 Å². The van der Waals surface area contributed by atoms with Crippen LogP contribution in [0.2, 0.25) is 0 Å². The largest absolute Gasteiger partial charge is 0.457 e. The Morgan fingerprint density at radius 1 is 0.828 bits per heavy atom. The van der Waals surface area contributed by atoms with E-state index in [0.717, 1.165) is 20.3 Å². The molecule has 0 aromatic carbocycles. The molecular weight excluding hydrogens is 541 g/mol. The topological polar surface area (TPSA) is 46.5 Å². The van der Waals surface area contributed by atoms with E-state index in [1.165, 1.54) is 15.3 Å². The lowest BCUT2D eigenvalue weighted by molar-refractivity contribution is -0.142. The standard InChI is InChI=1S/C9H14O2S3.C5H10OS3.C3H6S3/c1-6(2)8(10)11-7(3)9-13-4-12-5-14-9;1-4(6)5-8-2-7-3-9-5;1-4-2-6-3-5-1/h7,9H,1,4-5H2,2-3H3;4-6H,2-3H2,1H3;1-3H2. The van der Waals surface area contributed by atoms with Crippen LogP contribution >= 0.6 is 106 Å². The molecular formula is C17H30O3S9. The van der Waals surface area contributed by atoms with Gasteiger partial charge in [0, 0.05) is 41.2 Å². The predicted molar refractivity (Wildman–Crippen MR) is 152 cm³/mol. The van der Waals surface area contributed by atoms with Gasteiger partial charge in [-0.25, -0.2) is 4.79 Å². The van der Waals surface area contributed by atoms with Gasteiger partial charge < -0.3 is 9.84 Å². The molecule has 29 heavy (non-hydrogen) atoms. The molecule has 2 atom stereocenters. The van der Waals surface area contributed by atoms with Gasteiger partial charge in [0.1, 0.15) is 6.10 Å². The number of hydrogen-bond donors (Lipinski definition) is 1. The van der Waals surface area contributed by atoms with Gasteiger partial charge in [0.2, 0.25) is 0 Å². The zero-order chi connectivity index (χ0) is 21.5. The zero-order valence-electron chi connectivity index (χ0n) is 16.9. The number of esters is 1. The maximum atomic E-state index is 11.3. The van der Waals surface area contributed by atoms with E-state index < -0.39 is 0 Å². The summed E-state index contributed by atoms with van der Waals surface area (Å²) in [5.41, 5.74) is 0.469. The van der Waals surface area contributed by atoms with Crippen molar-refractivity contribution in [1.82, 2.24) is 0 Å². The van der Waals surface area contributed by atoms with Crippen LogP contribution in [0.15, 0.2) is 12.2 Å². The summed E-state index contributed by atoms with van der Waals surface area (Å²) in [6.45, 7) is 9.04. The van der Waals surface area contributed by atoms with Crippen molar-refractivity contribution in [2.24, 2.45) is 0 Å². The van der Waals surface area contributed by atoms with E-state index in [2.05, 4.69) is 6.58 Å². The first-order chi connectivity index (χ1) is 13.9. The fourth-order valence-corrected chi connectivity index (χ4v) is 15.3. The third-order valence-electron chi connectivity index (χ3n) is 3.18. The molecule has 1 N–H and O–H groups in total. The van der Waals surface area contributed by atoms with Gasteiger partial charge in [-0.3, -0.25) is 0 Å². The number of ether oxygens (including phenoxy) is 1. The average molecular weight is 571 g/mol. The van der Waals surface area contributed by atoms with Gasteiger partial charge in [-0.15, -0.1) is 106 Å². The first-order valence-electron chi connectivity index (χ1n) is 8.81. The summed E-state index contributed by atoms with van der Waals surface area (Å²) >= 11 is 17.3. The quantitative estimate of drug-likeness (QED) is 0.284. The van der Waals surface area contributed by atoms with Crippen LogP contribution in [0.25, 0.3) is 0 Å². The molecule has 3 rings (SSSR count). The molecule has 3 saturated heterocycles. The molecule has 0 bridgehead atoms. The lowest BCUT2D eigenvalue weighted by atomic mass is 10.3. The highest BCUT2D eigenvalue weighted by Gasteiger charge is 2.24. The van der Waals surface area contributed by atoms with Crippen molar-refractivity contribution in [2.45, 2.75) is 42.1 Å². The minimum absolute atomic E-state index is 0.0323. The molecule has 0 spiro atoms. The maximum Gasteiger partial charge on any atom is 0.333 e. The van der Waals surface area contributed by atoms with Crippen LogP contribution < -0.4 is 0 Å². The number of rotatable bonds is 4. The minimum atomic E-state index is -0.281. The van der Waals surface area contributed by atoms with E-state index in [-0.39, 0.29) is 18.2 Å². The molecule has 170 valence electrons. The van der Waals surface area contributed by atoms with Gasteiger partial charge in [-0.1, -0.05) is 6.58 Å². The third kappa shape index (κ3) is 15.0. The summed E-state index contributed by atoms with van der Waals surface area (Å²) in [5, 5.41) is 17.5. The van der Waals surface area contributed by atoms with Gasteiger partial charge in [-0.2, -0.15) is 0 Å². The second kappa shape index (κ2) is 18.7. The van der Waals surface area contributed by atoms with Gasteiger partial charge in [0.05, 0.1) is 15.3 Å². The van der Waals surface area contributed by atoms with E-state index in [0.29, 0.717) is 14.7 Å². The Labute approximate surface area is 214 Å². The van der Waals surface area contributed by atoms with Crippen LogP contribution in [0.1, 0.15) is 20.8 Å². The van der Waals surface area contributed by atoms with Crippen LogP contribution in [0, 0.1) is 0 Å². The number of carbonyl (C=O) groups is 1. The van der Waals surface area contributed by atoms with Crippen LogP contribution in [-0.4, -0.2) is 68.0 Å². The molecule has 3 aliphatic heterocycles. The van der Waals surface area contributed by atoms with Gasteiger partial charge >= 0.3 is 5.97 Å². The van der Waals surface area contributed by atoms with Gasteiger partial charge in [0.25, 0.3) is 0 Å². The lowest BCUT2D eigenvalue weighted by Crippen LogP contribution is -2.25. The Morgan fingerprint density at radius 3 is 1.52 bits per heavy atom. The Bertz CT molecular complexity index is 440. The zero-order valence-corrected chi connectivity index (χ0v) is 24.3. The Balaban J connectivity index is 0.000000238. The summed E-state index contributed by atoms with van der Waals surface area (Å²) in [7, 11) is 0. The van der Waals surface area contributed by atoms with Crippen LogP contribution in [0.5, 0.6) is 0 Å². The highest BCUT2D eigenvalue weighted by Crippen LogP contribution is 2.39. The number of aliphatic hydroxyl groups is 1. The summed E-state index contributed by atoms with van der Waals surface area (Å²) in [4.78, 5) is 11.3. The van der Waals surface area contributed by atoms with E-state index in [9.17, 15) is 4.79 Å². The molecule has 12 heteroatoms. The number of aliphatic hydroxyl groups excluding tert-OH is 1. The average Bonchev–Trinajstić information content (AvgIpc) is 2.77. The van der Waals surface area contributed by atoms with Crippen LogP contribution in [-0.2, 0) is 9.53 Å². The van der Waals surface area contributed by atoms with Crippen molar-refractivity contribution in [1.29, 1.82) is 0 Å². The van der Waals surface area contributed by atoms with Crippen molar-refractivity contribution < 1.29 is 14.6 Å². The lowest BCUT2D eigenvalue weighted by Gasteiger charge is -2.26. The SMILES string of the molecule is C1SCSCS1.C=C(C)C(=O)OC(C)C1SCSCS1.CC(O)C1SCSCS1. The minimum Gasteiger partial charge on any atom is -0.457 e. The molecule has 3 fully saturated rings. The van der Waals surface area contributed by atoms with Gasteiger partial charge in [-0.05, 0) is 20.8 Å². The summed E-state index contributed by atoms with van der Waals surface area (Å²) in [5.74, 6) is -0.281. The van der Waals surface area contributed by atoms with Crippen LogP contribution in [0.3, 0.4) is 0 Å². The monoisotopic (exact) mass is 570 g/mol. The van der Waals surface area contributed by atoms with E-state index in [1.807, 2.05) is 120 Å². The van der Waals surface area contributed by atoms with Crippen molar-refractivity contribution in [2.75, 3.05) is 35.6 Å². The Kier molecular flexibility index (Phi) is 18.9. The number of carbonyl (C=O) groups excluding carboxylic acids is 1. The normalized spacial score (nSPS) is 22.8. The molecule has 0 radical (unpaired) electrons. The summed E-state index contributed by atoms with van der Waals surface area (Å²) in [6.07, 6.45) is -0.184. The molecule has 3 aliphatic rings. The van der Waals surface area contributed by atoms with E-state index >= 15 is 0 Å². The number of hydrogen-bond acceptors (Lipinski definition) is 12. The molecule has 0 aromatic heterocycles. The highest BCUT2D eigenvalue weighted by atomic mass is 32.3. The molecule has 3 heterocycles. The van der Waals surface area contributed by atoms with Crippen molar-refractivity contribution in [3.8, 4) is 0 Å². The first-order valence-corrected chi connectivity index (χ1v) is 18.8. The molecule has 0 aliphatic carbocycles. The molecule has 0 saturated carbocycles. The molecule has 0 amide bonds. The Morgan fingerprint density at radius 2 is 1.21 bits per heavy atom. The molecule has 0 aromatic rings. The van der Waals surface area contributed by atoms with Crippen molar-refractivity contribution in [3.63, 3.8) is 0 Å². The van der Waals surface area contributed by atoms with Crippen molar-refractivity contribution in [3.05, 3.63) is 12.2 Å². The van der Waals surface area contributed by atoms with Crippen molar-refractivity contribution >= 4 is 112 Å². The first kappa shape index (κ1) is 29.4. The smallest absolute Gasteiger partial charge is 0.333 e. The third-order valence-corrected chi connectivity index (χ3v) is 16.5. The number of thioether (sulfide) groups is 9. The summed E-state index contributed by atoms with van der Waals surface area (Å²) < 4.78 is 6.06. The highest BCUT2D eigenvalue weighted by molar-refractivity contribution is 8.33.